The van der Waals surface area contributed by atoms with Gasteiger partial charge in [0.05, 0.1) is 6.61 Å². The standard InChI is InChI=1S/C16H24N2O3/c1-16(2,3)21-15(19)18-13(10-17)9-11-4-5-14-12(8-11)6-7-20-14/h4-5,8,13H,6-7,9-10,17H2,1-3H3,(H,18,19). The van der Waals surface area contributed by atoms with Crippen molar-refractivity contribution < 1.29 is 14.3 Å². The van der Waals surface area contributed by atoms with Crippen LogP contribution in [0.4, 0.5) is 4.79 Å². The number of alkyl carbamates (subject to hydrolysis) is 1. The lowest BCUT2D eigenvalue weighted by Gasteiger charge is -2.23. The number of carbonyl (C=O) groups excluding carboxylic acids is 1. The van der Waals surface area contributed by atoms with Crippen molar-refractivity contribution in [1.82, 2.24) is 5.32 Å². The fourth-order valence-electron chi connectivity index (χ4n) is 2.32. The van der Waals surface area contributed by atoms with Gasteiger partial charge in [0.15, 0.2) is 0 Å². The molecule has 0 bridgehead atoms. The fourth-order valence-corrected chi connectivity index (χ4v) is 2.32. The quantitative estimate of drug-likeness (QED) is 0.890. The van der Waals surface area contributed by atoms with Gasteiger partial charge in [0, 0.05) is 19.0 Å². The molecule has 1 aliphatic heterocycles. The molecule has 1 unspecified atom stereocenters. The van der Waals surface area contributed by atoms with E-state index in [2.05, 4.69) is 11.4 Å². The summed E-state index contributed by atoms with van der Waals surface area (Å²) in [6, 6.07) is 5.99. The number of nitrogens with one attached hydrogen (secondary N) is 1. The number of amides is 1. The van der Waals surface area contributed by atoms with Gasteiger partial charge < -0.3 is 20.5 Å². The van der Waals surface area contributed by atoms with Crippen LogP contribution >= 0.6 is 0 Å². The van der Waals surface area contributed by atoms with Gasteiger partial charge in [-0.05, 0) is 44.4 Å². The second-order valence-corrected chi connectivity index (χ2v) is 6.32. The van der Waals surface area contributed by atoms with E-state index >= 15 is 0 Å². The smallest absolute Gasteiger partial charge is 0.407 e. The summed E-state index contributed by atoms with van der Waals surface area (Å²) in [7, 11) is 0. The lowest BCUT2D eigenvalue weighted by molar-refractivity contribution is 0.0506. The van der Waals surface area contributed by atoms with Crippen LogP contribution in [0.5, 0.6) is 5.75 Å². The summed E-state index contributed by atoms with van der Waals surface area (Å²) in [5.74, 6) is 0.961. The Morgan fingerprint density at radius 2 is 2.24 bits per heavy atom. The minimum atomic E-state index is -0.506. The normalized spacial score (nSPS) is 15.0. The number of fused-ring (bicyclic) bond motifs is 1. The summed E-state index contributed by atoms with van der Waals surface area (Å²) in [4.78, 5) is 11.8. The van der Waals surface area contributed by atoms with Crippen molar-refractivity contribution in [2.75, 3.05) is 13.2 Å². The Labute approximate surface area is 125 Å². The minimum absolute atomic E-state index is 0.139. The average Bonchev–Trinajstić information content (AvgIpc) is 2.83. The molecule has 1 aliphatic rings. The molecular formula is C16H24N2O3. The molecule has 1 aromatic rings. The van der Waals surface area contributed by atoms with Crippen LogP contribution in [-0.4, -0.2) is 30.9 Å². The molecule has 116 valence electrons. The molecule has 1 heterocycles. The number of carbonyl (C=O) groups is 1. The Morgan fingerprint density at radius 3 is 2.90 bits per heavy atom. The van der Waals surface area contributed by atoms with Crippen LogP contribution in [0.15, 0.2) is 18.2 Å². The predicted molar refractivity (Wildman–Crippen MR) is 81.6 cm³/mol. The zero-order valence-corrected chi connectivity index (χ0v) is 12.9. The topological polar surface area (TPSA) is 73.6 Å². The summed E-state index contributed by atoms with van der Waals surface area (Å²) in [5, 5.41) is 2.82. The molecule has 0 spiro atoms. The third-order valence-corrected chi connectivity index (χ3v) is 3.24. The number of hydrogen-bond acceptors (Lipinski definition) is 4. The molecule has 5 nitrogen and oxygen atoms in total. The van der Waals surface area contributed by atoms with Gasteiger partial charge in [-0.15, -0.1) is 0 Å². The molecule has 5 heteroatoms. The Hall–Kier alpha value is -1.75. The molecule has 0 radical (unpaired) electrons. The SMILES string of the molecule is CC(C)(C)OC(=O)NC(CN)Cc1ccc2c(c1)CCO2. The van der Waals surface area contributed by atoms with E-state index in [1.54, 1.807) is 0 Å². The maximum absolute atomic E-state index is 11.8. The Bertz CT molecular complexity index is 509. The van der Waals surface area contributed by atoms with Crippen molar-refractivity contribution in [2.45, 2.75) is 45.3 Å². The van der Waals surface area contributed by atoms with E-state index in [-0.39, 0.29) is 6.04 Å². The molecule has 1 aromatic carbocycles. The molecule has 2 rings (SSSR count). The van der Waals surface area contributed by atoms with Crippen molar-refractivity contribution in [1.29, 1.82) is 0 Å². The fraction of sp³-hybridized carbons (Fsp3) is 0.562. The van der Waals surface area contributed by atoms with Gasteiger partial charge in [0.25, 0.3) is 0 Å². The van der Waals surface area contributed by atoms with Crippen molar-refractivity contribution in [2.24, 2.45) is 5.73 Å². The zero-order valence-electron chi connectivity index (χ0n) is 12.9. The first-order valence-electron chi connectivity index (χ1n) is 7.31. The van der Waals surface area contributed by atoms with Gasteiger partial charge >= 0.3 is 6.09 Å². The number of benzene rings is 1. The Kier molecular flexibility index (Phi) is 4.73. The molecule has 0 aromatic heterocycles. The molecule has 0 aliphatic carbocycles. The van der Waals surface area contributed by atoms with Crippen LogP contribution < -0.4 is 15.8 Å². The van der Waals surface area contributed by atoms with Gasteiger partial charge in [-0.3, -0.25) is 0 Å². The average molecular weight is 292 g/mol. The Balaban J connectivity index is 1.94. The van der Waals surface area contributed by atoms with Crippen molar-refractivity contribution in [3.63, 3.8) is 0 Å². The summed E-state index contributed by atoms with van der Waals surface area (Å²) in [6.07, 6.45) is 1.20. The van der Waals surface area contributed by atoms with Crippen molar-refractivity contribution in [3.8, 4) is 5.75 Å². The van der Waals surface area contributed by atoms with E-state index in [4.69, 9.17) is 15.2 Å². The van der Waals surface area contributed by atoms with Crippen LogP contribution in [0, 0.1) is 0 Å². The Morgan fingerprint density at radius 1 is 1.48 bits per heavy atom. The second kappa shape index (κ2) is 6.35. The molecule has 0 saturated heterocycles. The summed E-state index contributed by atoms with van der Waals surface area (Å²) < 4.78 is 10.7. The van der Waals surface area contributed by atoms with Gasteiger partial charge in [0.1, 0.15) is 11.4 Å². The van der Waals surface area contributed by atoms with Crippen LogP contribution in [0.2, 0.25) is 0 Å². The maximum Gasteiger partial charge on any atom is 0.407 e. The van der Waals surface area contributed by atoms with Crippen molar-refractivity contribution in [3.05, 3.63) is 29.3 Å². The van der Waals surface area contributed by atoms with Gasteiger partial charge in [-0.1, -0.05) is 12.1 Å². The van der Waals surface area contributed by atoms with Gasteiger partial charge in [-0.2, -0.15) is 0 Å². The lowest BCUT2D eigenvalue weighted by atomic mass is 10.0. The summed E-state index contributed by atoms with van der Waals surface area (Å²) in [5.41, 5.74) is 7.61. The number of nitrogens with two attached hydrogens (primary N) is 1. The highest BCUT2D eigenvalue weighted by Gasteiger charge is 2.20. The molecule has 0 saturated carbocycles. The lowest BCUT2D eigenvalue weighted by Crippen LogP contribution is -2.44. The number of hydrogen-bond donors (Lipinski definition) is 2. The summed E-state index contributed by atoms with van der Waals surface area (Å²) >= 11 is 0. The molecule has 21 heavy (non-hydrogen) atoms. The van der Waals surface area contributed by atoms with E-state index in [0.29, 0.717) is 13.0 Å². The highest BCUT2D eigenvalue weighted by atomic mass is 16.6. The van der Waals surface area contributed by atoms with E-state index < -0.39 is 11.7 Å². The predicted octanol–water partition coefficient (Wildman–Crippen LogP) is 2.02. The van der Waals surface area contributed by atoms with Crippen molar-refractivity contribution >= 4 is 6.09 Å². The van der Waals surface area contributed by atoms with E-state index in [1.807, 2.05) is 32.9 Å². The van der Waals surface area contributed by atoms with E-state index in [9.17, 15) is 4.79 Å². The van der Waals surface area contributed by atoms with Crippen LogP contribution in [0.1, 0.15) is 31.9 Å². The largest absolute Gasteiger partial charge is 0.493 e. The minimum Gasteiger partial charge on any atom is -0.493 e. The molecule has 0 fully saturated rings. The van der Waals surface area contributed by atoms with Crippen LogP contribution in [-0.2, 0) is 17.6 Å². The van der Waals surface area contributed by atoms with E-state index in [1.165, 1.54) is 5.56 Å². The highest BCUT2D eigenvalue weighted by molar-refractivity contribution is 5.68. The maximum atomic E-state index is 11.8. The van der Waals surface area contributed by atoms with Crippen LogP contribution in [0.3, 0.4) is 0 Å². The number of ether oxygens (including phenoxy) is 2. The second-order valence-electron chi connectivity index (χ2n) is 6.32. The molecule has 3 N–H and O–H groups in total. The third kappa shape index (κ3) is 4.63. The van der Waals surface area contributed by atoms with Gasteiger partial charge in [-0.25, -0.2) is 4.79 Å². The van der Waals surface area contributed by atoms with Gasteiger partial charge in [0.2, 0.25) is 0 Å². The zero-order chi connectivity index (χ0) is 15.5. The first-order chi connectivity index (χ1) is 9.87. The molecule has 1 atom stereocenters. The third-order valence-electron chi connectivity index (χ3n) is 3.24. The molecular weight excluding hydrogens is 268 g/mol. The number of rotatable bonds is 4. The first-order valence-corrected chi connectivity index (χ1v) is 7.31. The molecule has 1 amide bonds. The first kappa shape index (κ1) is 15.6. The monoisotopic (exact) mass is 292 g/mol. The van der Waals surface area contributed by atoms with E-state index in [0.717, 1.165) is 24.3 Å². The summed E-state index contributed by atoms with van der Waals surface area (Å²) in [6.45, 7) is 6.63. The van der Waals surface area contributed by atoms with Crippen LogP contribution in [0.25, 0.3) is 0 Å². The highest BCUT2D eigenvalue weighted by Crippen LogP contribution is 2.26.